The van der Waals surface area contributed by atoms with Gasteiger partial charge in [-0.2, -0.15) is 0 Å². The van der Waals surface area contributed by atoms with Crippen LogP contribution in [0.4, 0.5) is 0 Å². The fourth-order valence-corrected chi connectivity index (χ4v) is 1.60. The normalized spacial score (nSPS) is 14.6. The van der Waals surface area contributed by atoms with E-state index in [0.717, 1.165) is 11.3 Å². The molecule has 0 aliphatic heterocycles. The Hall–Kier alpha value is -1.28. The minimum atomic E-state index is 0.306. The summed E-state index contributed by atoms with van der Waals surface area (Å²) in [4.78, 5) is 0. The Morgan fingerprint density at radius 3 is 2.73 bits per heavy atom. The van der Waals surface area contributed by atoms with Gasteiger partial charge in [-0.3, -0.25) is 0 Å². The third-order valence-corrected chi connectivity index (χ3v) is 2.61. The lowest BCUT2D eigenvalue weighted by Gasteiger charge is -2.17. The average Bonchev–Trinajstić information content (AvgIpc) is 2.22. The number of hydrogen-bond acceptors (Lipinski definition) is 2. The minimum Gasteiger partial charge on any atom is -0.467 e. The van der Waals surface area contributed by atoms with Crippen molar-refractivity contribution < 1.29 is 9.47 Å². The molecule has 1 fully saturated rings. The second-order valence-electron chi connectivity index (χ2n) is 3.74. The summed E-state index contributed by atoms with van der Waals surface area (Å²) in [6.07, 6.45) is 6.03. The van der Waals surface area contributed by atoms with E-state index in [2.05, 4.69) is 12.1 Å². The van der Waals surface area contributed by atoms with E-state index in [4.69, 9.17) is 9.47 Å². The molecule has 1 aromatic rings. The zero-order valence-corrected chi connectivity index (χ0v) is 9.03. The number of rotatable bonds is 4. The first-order valence-electron chi connectivity index (χ1n) is 5.30. The van der Waals surface area contributed by atoms with E-state index < -0.39 is 0 Å². The zero-order valence-electron chi connectivity index (χ0n) is 9.03. The van der Waals surface area contributed by atoms with Crippen LogP contribution in [-0.2, 0) is 4.74 Å². The molecule has 1 aliphatic carbocycles. The van der Waals surface area contributed by atoms with E-state index >= 15 is 0 Å². The Bertz CT molecular complexity index is 349. The lowest BCUT2D eigenvalue weighted by molar-refractivity contribution is 0.0509. The maximum absolute atomic E-state index is 5.49. The maximum atomic E-state index is 5.49. The molecule has 2 rings (SSSR count). The van der Waals surface area contributed by atoms with Gasteiger partial charge in [-0.25, -0.2) is 0 Å². The minimum absolute atomic E-state index is 0.306. The molecular weight excluding hydrogens is 188 g/mol. The summed E-state index contributed by atoms with van der Waals surface area (Å²) in [7, 11) is 1.63. The summed E-state index contributed by atoms with van der Waals surface area (Å²) in [5.74, 6) is 0.902. The van der Waals surface area contributed by atoms with Crippen LogP contribution in [0.25, 0.3) is 6.08 Å². The van der Waals surface area contributed by atoms with Crippen molar-refractivity contribution in [2.24, 2.45) is 0 Å². The molecule has 0 heterocycles. The highest BCUT2D eigenvalue weighted by molar-refractivity contribution is 5.60. The molecule has 15 heavy (non-hydrogen) atoms. The number of methoxy groups -OCH3 is 1. The molecule has 1 aliphatic rings. The molecular formula is C13H16O2. The van der Waals surface area contributed by atoms with E-state index in [1.165, 1.54) is 24.8 Å². The molecule has 80 valence electrons. The lowest BCUT2D eigenvalue weighted by Crippen LogP contribution is -2.01. The van der Waals surface area contributed by atoms with Gasteiger partial charge in [0.15, 0.2) is 6.79 Å². The van der Waals surface area contributed by atoms with Crippen LogP contribution in [0, 0.1) is 0 Å². The molecule has 1 aromatic carbocycles. The molecule has 2 heteroatoms. The predicted molar refractivity (Wildman–Crippen MR) is 60.8 cm³/mol. The van der Waals surface area contributed by atoms with E-state index in [-0.39, 0.29) is 0 Å². The van der Waals surface area contributed by atoms with Crippen LogP contribution in [0.1, 0.15) is 24.8 Å². The first-order valence-corrected chi connectivity index (χ1v) is 5.30. The summed E-state index contributed by atoms with van der Waals surface area (Å²) in [5, 5.41) is 0. The average molecular weight is 204 g/mol. The van der Waals surface area contributed by atoms with E-state index in [1.807, 2.05) is 18.2 Å². The molecule has 2 nitrogen and oxygen atoms in total. The van der Waals surface area contributed by atoms with E-state index in [9.17, 15) is 0 Å². The Balaban J connectivity index is 2.13. The molecule has 1 saturated carbocycles. The second kappa shape index (κ2) is 4.99. The zero-order chi connectivity index (χ0) is 10.5. The Labute approximate surface area is 90.5 Å². The summed E-state index contributed by atoms with van der Waals surface area (Å²) in [6.45, 7) is 0.306. The van der Waals surface area contributed by atoms with Gasteiger partial charge in [-0.05, 0) is 25.3 Å². The van der Waals surface area contributed by atoms with Gasteiger partial charge in [0.25, 0.3) is 0 Å². The SMILES string of the molecule is COCOc1ccccc1C=C1CCC1. The molecule has 0 saturated heterocycles. The van der Waals surface area contributed by atoms with E-state index in [1.54, 1.807) is 7.11 Å². The van der Waals surface area contributed by atoms with Crippen molar-refractivity contribution in [3.63, 3.8) is 0 Å². The second-order valence-corrected chi connectivity index (χ2v) is 3.74. The molecule has 0 spiro atoms. The quantitative estimate of drug-likeness (QED) is 0.701. The van der Waals surface area contributed by atoms with Crippen LogP contribution in [0.5, 0.6) is 5.75 Å². The number of hydrogen-bond donors (Lipinski definition) is 0. The van der Waals surface area contributed by atoms with Crippen molar-refractivity contribution in [3.05, 3.63) is 35.4 Å². The van der Waals surface area contributed by atoms with Crippen LogP contribution in [0.15, 0.2) is 29.8 Å². The smallest absolute Gasteiger partial charge is 0.188 e. The maximum Gasteiger partial charge on any atom is 0.188 e. The lowest BCUT2D eigenvalue weighted by atomic mass is 9.90. The third kappa shape index (κ3) is 2.60. The van der Waals surface area contributed by atoms with Gasteiger partial charge < -0.3 is 9.47 Å². The van der Waals surface area contributed by atoms with Gasteiger partial charge in [-0.15, -0.1) is 0 Å². The fraction of sp³-hybridized carbons (Fsp3) is 0.385. The first kappa shape index (κ1) is 10.2. The van der Waals surface area contributed by atoms with Crippen LogP contribution >= 0.6 is 0 Å². The van der Waals surface area contributed by atoms with Crippen molar-refractivity contribution in [1.82, 2.24) is 0 Å². The molecule has 0 N–H and O–H groups in total. The van der Waals surface area contributed by atoms with Gasteiger partial charge >= 0.3 is 0 Å². The largest absolute Gasteiger partial charge is 0.467 e. The summed E-state index contributed by atoms with van der Waals surface area (Å²) < 4.78 is 10.4. The summed E-state index contributed by atoms with van der Waals surface area (Å²) >= 11 is 0. The van der Waals surface area contributed by atoms with Crippen molar-refractivity contribution in [1.29, 1.82) is 0 Å². The first-order chi connectivity index (χ1) is 7.40. The van der Waals surface area contributed by atoms with Crippen LogP contribution < -0.4 is 4.74 Å². The highest BCUT2D eigenvalue weighted by Crippen LogP contribution is 2.30. The van der Waals surface area contributed by atoms with Crippen molar-refractivity contribution in [2.75, 3.05) is 13.9 Å². The summed E-state index contributed by atoms with van der Waals surface area (Å²) in [6, 6.07) is 8.07. The van der Waals surface area contributed by atoms with Crippen LogP contribution in [0.2, 0.25) is 0 Å². The van der Waals surface area contributed by atoms with E-state index in [0.29, 0.717) is 6.79 Å². The predicted octanol–water partition coefficient (Wildman–Crippen LogP) is 3.24. The Morgan fingerprint density at radius 2 is 2.07 bits per heavy atom. The van der Waals surface area contributed by atoms with Gasteiger partial charge in [0.2, 0.25) is 0 Å². The van der Waals surface area contributed by atoms with Crippen LogP contribution in [0.3, 0.4) is 0 Å². The highest BCUT2D eigenvalue weighted by atomic mass is 16.7. The highest BCUT2D eigenvalue weighted by Gasteiger charge is 2.09. The number of allylic oxidation sites excluding steroid dienone is 1. The van der Waals surface area contributed by atoms with Gasteiger partial charge in [0, 0.05) is 12.7 Å². The van der Waals surface area contributed by atoms with Gasteiger partial charge in [0.05, 0.1) is 0 Å². The Morgan fingerprint density at radius 1 is 1.27 bits per heavy atom. The van der Waals surface area contributed by atoms with Crippen molar-refractivity contribution >= 4 is 6.08 Å². The summed E-state index contributed by atoms with van der Waals surface area (Å²) in [5.41, 5.74) is 2.67. The molecule has 0 aromatic heterocycles. The number of ether oxygens (including phenoxy) is 2. The van der Waals surface area contributed by atoms with Crippen molar-refractivity contribution in [3.8, 4) is 5.75 Å². The molecule has 0 atom stereocenters. The molecule has 0 amide bonds. The van der Waals surface area contributed by atoms with Crippen molar-refractivity contribution in [2.45, 2.75) is 19.3 Å². The fourth-order valence-electron chi connectivity index (χ4n) is 1.60. The van der Waals surface area contributed by atoms with Gasteiger partial charge in [0.1, 0.15) is 5.75 Å². The third-order valence-electron chi connectivity index (χ3n) is 2.61. The van der Waals surface area contributed by atoms with Gasteiger partial charge in [-0.1, -0.05) is 29.8 Å². The topological polar surface area (TPSA) is 18.5 Å². The molecule has 0 unspecified atom stereocenters. The number of para-hydroxylation sites is 1. The number of benzene rings is 1. The molecule has 0 radical (unpaired) electrons. The van der Waals surface area contributed by atoms with Crippen LogP contribution in [-0.4, -0.2) is 13.9 Å². The monoisotopic (exact) mass is 204 g/mol. The molecule has 0 bridgehead atoms. The standard InChI is InChI=1S/C13H16O2/c1-14-10-15-13-8-3-2-7-12(13)9-11-5-4-6-11/h2-3,7-9H,4-6,10H2,1H3. The Kier molecular flexibility index (Phi) is 3.41.